The summed E-state index contributed by atoms with van der Waals surface area (Å²) in [4.78, 5) is 12.1. The molecule has 1 aliphatic carbocycles. The van der Waals surface area contributed by atoms with Crippen molar-refractivity contribution >= 4 is 29.9 Å². The molecule has 3 nitrogen and oxygen atoms in total. The molecule has 106 valence electrons. The molecule has 0 saturated heterocycles. The van der Waals surface area contributed by atoms with Crippen LogP contribution in [0.15, 0.2) is 24.3 Å². The maximum atomic E-state index is 12.1. The number of carbonyl (C=O) groups excluding carboxylic acids is 1. The second-order valence-electron chi connectivity index (χ2n) is 4.98. The Kier molecular flexibility index (Phi) is 6.11. The van der Waals surface area contributed by atoms with Crippen LogP contribution >= 0.6 is 24.0 Å². The number of benzene rings is 1. The van der Waals surface area contributed by atoms with Crippen LogP contribution in [0.5, 0.6) is 0 Å². The summed E-state index contributed by atoms with van der Waals surface area (Å²) in [5, 5.41) is 3.73. The van der Waals surface area contributed by atoms with Gasteiger partial charge in [0.1, 0.15) is 0 Å². The predicted molar refractivity (Wildman–Crippen MR) is 80.6 cm³/mol. The monoisotopic (exact) mass is 302 g/mol. The van der Waals surface area contributed by atoms with Crippen molar-refractivity contribution < 1.29 is 4.79 Å². The summed E-state index contributed by atoms with van der Waals surface area (Å²) in [7, 11) is 0. The third-order valence-electron chi connectivity index (χ3n) is 3.63. The number of carbonyl (C=O) groups is 1. The number of halogens is 2. The highest BCUT2D eigenvalue weighted by molar-refractivity contribution is 6.30. The molecule has 0 radical (unpaired) electrons. The molecule has 3 unspecified atom stereocenters. The zero-order valence-electron chi connectivity index (χ0n) is 10.9. The lowest BCUT2D eigenvalue weighted by molar-refractivity contribution is -0.125. The van der Waals surface area contributed by atoms with Gasteiger partial charge in [-0.2, -0.15) is 0 Å². The van der Waals surface area contributed by atoms with Crippen LogP contribution in [0.2, 0.25) is 5.02 Å². The fourth-order valence-electron chi connectivity index (χ4n) is 2.47. The Balaban J connectivity index is 0.00000180. The zero-order chi connectivity index (χ0) is 13.1. The Morgan fingerprint density at radius 1 is 1.37 bits per heavy atom. The number of amides is 1. The third-order valence-corrected chi connectivity index (χ3v) is 3.89. The third kappa shape index (κ3) is 4.10. The Morgan fingerprint density at radius 2 is 2.00 bits per heavy atom. The van der Waals surface area contributed by atoms with Gasteiger partial charge in [0.2, 0.25) is 5.91 Å². The van der Waals surface area contributed by atoms with Crippen LogP contribution in [0, 0.1) is 5.92 Å². The first-order valence-corrected chi connectivity index (χ1v) is 6.77. The summed E-state index contributed by atoms with van der Waals surface area (Å²) in [6.07, 6.45) is 2.91. The van der Waals surface area contributed by atoms with Gasteiger partial charge in [0.15, 0.2) is 0 Å². The standard InChI is InChI=1S/C14H19ClN2O.ClH/c1-9(10-5-7-11(15)8-6-10)17-14(18)12-3-2-4-13(12)16;/h5-9,12-13H,2-4,16H2,1H3,(H,17,18);1H. The molecule has 1 amide bonds. The van der Waals surface area contributed by atoms with Crippen molar-refractivity contribution in [1.82, 2.24) is 5.32 Å². The van der Waals surface area contributed by atoms with Crippen molar-refractivity contribution in [2.45, 2.75) is 38.3 Å². The van der Waals surface area contributed by atoms with Crippen LogP contribution in [-0.4, -0.2) is 11.9 Å². The van der Waals surface area contributed by atoms with Gasteiger partial charge in [-0.1, -0.05) is 30.2 Å². The summed E-state index contributed by atoms with van der Waals surface area (Å²) < 4.78 is 0. The molecule has 1 saturated carbocycles. The van der Waals surface area contributed by atoms with Crippen LogP contribution < -0.4 is 11.1 Å². The lowest BCUT2D eigenvalue weighted by Gasteiger charge is -2.20. The largest absolute Gasteiger partial charge is 0.349 e. The van der Waals surface area contributed by atoms with Gasteiger partial charge < -0.3 is 11.1 Å². The van der Waals surface area contributed by atoms with Crippen LogP contribution in [0.3, 0.4) is 0 Å². The summed E-state index contributed by atoms with van der Waals surface area (Å²) in [6.45, 7) is 1.97. The summed E-state index contributed by atoms with van der Waals surface area (Å²) >= 11 is 5.84. The molecule has 1 aromatic rings. The normalized spacial score (nSPS) is 23.5. The molecule has 3 N–H and O–H groups in total. The second-order valence-corrected chi connectivity index (χ2v) is 5.42. The van der Waals surface area contributed by atoms with E-state index >= 15 is 0 Å². The van der Waals surface area contributed by atoms with Crippen LogP contribution in [0.25, 0.3) is 0 Å². The Bertz CT molecular complexity index is 422. The molecule has 19 heavy (non-hydrogen) atoms. The minimum atomic E-state index is -0.0280. The fraction of sp³-hybridized carbons (Fsp3) is 0.500. The molecule has 0 aliphatic heterocycles. The van der Waals surface area contributed by atoms with Gasteiger partial charge in [-0.3, -0.25) is 4.79 Å². The van der Waals surface area contributed by atoms with Gasteiger partial charge in [-0.25, -0.2) is 0 Å². The van der Waals surface area contributed by atoms with E-state index in [1.54, 1.807) is 0 Å². The highest BCUT2D eigenvalue weighted by atomic mass is 35.5. The van der Waals surface area contributed by atoms with E-state index in [2.05, 4.69) is 5.32 Å². The fourth-order valence-corrected chi connectivity index (χ4v) is 2.60. The average Bonchev–Trinajstić information content (AvgIpc) is 2.76. The van der Waals surface area contributed by atoms with E-state index in [-0.39, 0.29) is 36.3 Å². The molecule has 0 aromatic heterocycles. The SMILES string of the molecule is CC(NC(=O)C1CCCC1N)c1ccc(Cl)cc1.Cl. The topological polar surface area (TPSA) is 55.1 Å². The van der Waals surface area contributed by atoms with Crippen LogP contribution in [-0.2, 0) is 4.79 Å². The lowest BCUT2D eigenvalue weighted by Crippen LogP contribution is -2.39. The second kappa shape index (κ2) is 7.13. The molecule has 5 heteroatoms. The predicted octanol–water partition coefficient (Wildman–Crippen LogP) is 3.07. The Morgan fingerprint density at radius 3 is 2.53 bits per heavy atom. The van der Waals surface area contributed by atoms with E-state index < -0.39 is 0 Å². The average molecular weight is 303 g/mol. The van der Waals surface area contributed by atoms with Crippen molar-refractivity contribution in [1.29, 1.82) is 0 Å². The van der Waals surface area contributed by atoms with Crippen molar-refractivity contribution in [3.8, 4) is 0 Å². The molecule has 0 bridgehead atoms. The highest BCUT2D eigenvalue weighted by Gasteiger charge is 2.30. The molecule has 1 aromatic carbocycles. The van der Waals surface area contributed by atoms with Gasteiger partial charge in [0.05, 0.1) is 12.0 Å². The summed E-state index contributed by atoms with van der Waals surface area (Å²) in [5.41, 5.74) is 6.99. The van der Waals surface area contributed by atoms with Crippen LogP contribution in [0.4, 0.5) is 0 Å². The molecule has 2 rings (SSSR count). The van der Waals surface area contributed by atoms with Gasteiger partial charge in [0, 0.05) is 11.1 Å². The van der Waals surface area contributed by atoms with Crippen molar-refractivity contribution in [3.63, 3.8) is 0 Å². The number of rotatable bonds is 3. The van der Waals surface area contributed by atoms with E-state index in [9.17, 15) is 4.79 Å². The molecular weight excluding hydrogens is 283 g/mol. The number of hydrogen-bond donors (Lipinski definition) is 2. The zero-order valence-corrected chi connectivity index (χ0v) is 12.5. The molecular formula is C14H20Cl2N2O. The molecule has 1 fully saturated rings. The Labute approximate surface area is 125 Å². The number of hydrogen-bond acceptors (Lipinski definition) is 2. The molecule has 0 heterocycles. The summed E-state index contributed by atoms with van der Waals surface area (Å²) in [6, 6.07) is 7.54. The highest BCUT2D eigenvalue weighted by Crippen LogP contribution is 2.25. The first-order chi connectivity index (χ1) is 8.58. The maximum Gasteiger partial charge on any atom is 0.225 e. The van der Waals surface area contributed by atoms with E-state index in [1.807, 2.05) is 31.2 Å². The molecule has 0 spiro atoms. The molecule has 3 atom stereocenters. The minimum absolute atomic E-state index is 0. The van der Waals surface area contributed by atoms with Crippen LogP contribution in [0.1, 0.15) is 37.8 Å². The van der Waals surface area contributed by atoms with E-state index in [4.69, 9.17) is 17.3 Å². The minimum Gasteiger partial charge on any atom is -0.349 e. The van der Waals surface area contributed by atoms with Gasteiger partial charge in [-0.05, 0) is 37.5 Å². The first kappa shape index (κ1) is 16.3. The van der Waals surface area contributed by atoms with E-state index in [0.29, 0.717) is 5.02 Å². The van der Waals surface area contributed by atoms with E-state index in [0.717, 1.165) is 24.8 Å². The van der Waals surface area contributed by atoms with Crippen molar-refractivity contribution in [3.05, 3.63) is 34.9 Å². The molecule has 1 aliphatic rings. The first-order valence-electron chi connectivity index (χ1n) is 6.39. The smallest absolute Gasteiger partial charge is 0.225 e. The maximum absolute atomic E-state index is 12.1. The quantitative estimate of drug-likeness (QED) is 0.901. The lowest BCUT2D eigenvalue weighted by atomic mass is 10.0. The van der Waals surface area contributed by atoms with Gasteiger partial charge in [-0.15, -0.1) is 12.4 Å². The summed E-state index contributed by atoms with van der Waals surface area (Å²) in [5.74, 6) is 0.0437. The number of nitrogens with one attached hydrogen (secondary N) is 1. The van der Waals surface area contributed by atoms with Gasteiger partial charge >= 0.3 is 0 Å². The van der Waals surface area contributed by atoms with E-state index in [1.165, 1.54) is 0 Å². The number of nitrogens with two attached hydrogens (primary N) is 1. The van der Waals surface area contributed by atoms with Crippen molar-refractivity contribution in [2.24, 2.45) is 11.7 Å². The Hall–Kier alpha value is -0.770. The van der Waals surface area contributed by atoms with Crippen molar-refractivity contribution in [2.75, 3.05) is 0 Å². The van der Waals surface area contributed by atoms with Gasteiger partial charge in [0.25, 0.3) is 0 Å².